The van der Waals surface area contributed by atoms with Gasteiger partial charge in [0.15, 0.2) is 0 Å². The van der Waals surface area contributed by atoms with Crippen LogP contribution in [-0.2, 0) is 0 Å². The zero-order valence-corrected chi connectivity index (χ0v) is 7.72. The first-order chi connectivity index (χ1) is 5.65. The lowest BCUT2D eigenvalue weighted by molar-refractivity contribution is -0.387. The summed E-state index contributed by atoms with van der Waals surface area (Å²) in [4.78, 5) is 10.9. The Labute approximate surface area is 75.7 Å². The lowest BCUT2D eigenvalue weighted by Gasteiger charge is -1.99. The molecule has 0 saturated carbocycles. The standard InChI is InChI=1S/C7H8BNO2S/c1-12-7-3-2-5(8)4-6(7)9(10)11/h2-4H,8H2,1H3. The Bertz CT molecular complexity index is 316. The van der Waals surface area contributed by atoms with Crippen molar-refractivity contribution in [3.05, 3.63) is 28.3 Å². The van der Waals surface area contributed by atoms with Crippen LogP contribution in [0, 0.1) is 10.1 Å². The van der Waals surface area contributed by atoms with Gasteiger partial charge in [-0.25, -0.2) is 0 Å². The topological polar surface area (TPSA) is 43.1 Å². The number of benzene rings is 1. The SMILES string of the molecule is Bc1ccc(SC)c([N+](=O)[O-])c1. The summed E-state index contributed by atoms with van der Waals surface area (Å²) >= 11 is 1.39. The highest BCUT2D eigenvalue weighted by atomic mass is 32.2. The molecule has 0 bridgehead atoms. The van der Waals surface area contributed by atoms with E-state index in [0.29, 0.717) is 4.90 Å². The maximum atomic E-state index is 10.5. The predicted octanol–water partition coefficient (Wildman–Crippen LogP) is 0.575. The van der Waals surface area contributed by atoms with E-state index in [9.17, 15) is 10.1 Å². The monoisotopic (exact) mass is 181 g/mol. The van der Waals surface area contributed by atoms with E-state index < -0.39 is 0 Å². The fourth-order valence-corrected chi connectivity index (χ4v) is 1.49. The molecule has 5 heteroatoms. The van der Waals surface area contributed by atoms with Crippen molar-refractivity contribution >= 4 is 30.8 Å². The molecule has 62 valence electrons. The van der Waals surface area contributed by atoms with Gasteiger partial charge in [-0.05, 0) is 12.3 Å². The molecule has 0 atom stereocenters. The molecule has 0 heterocycles. The smallest absolute Gasteiger partial charge is 0.258 e. The molecule has 0 spiro atoms. The summed E-state index contributed by atoms with van der Waals surface area (Å²) in [5, 5.41) is 10.5. The van der Waals surface area contributed by atoms with Gasteiger partial charge in [0.25, 0.3) is 5.69 Å². The lowest BCUT2D eigenvalue weighted by Crippen LogP contribution is -2.03. The van der Waals surface area contributed by atoms with Crippen molar-refractivity contribution in [1.82, 2.24) is 0 Å². The zero-order chi connectivity index (χ0) is 9.14. The van der Waals surface area contributed by atoms with Gasteiger partial charge in [-0.15, -0.1) is 11.8 Å². The summed E-state index contributed by atoms with van der Waals surface area (Å²) < 4.78 is 0. The van der Waals surface area contributed by atoms with Crippen LogP contribution in [-0.4, -0.2) is 19.0 Å². The molecule has 3 nitrogen and oxygen atoms in total. The lowest BCUT2D eigenvalue weighted by atomic mass is 9.96. The Balaban J connectivity index is 3.21. The van der Waals surface area contributed by atoms with Crippen molar-refractivity contribution in [2.75, 3.05) is 6.26 Å². The Morgan fingerprint density at radius 2 is 2.25 bits per heavy atom. The second-order valence-corrected chi connectivity index (χ2v) is 3.28. The number of hydrogen-bond acceptors (Lipinski definition) is 3. The summed E-state index contributed by atoms with van der Waals surface area (Å²) in [5.74, 6) is 0. The molecule has 0 amide bonds. The van der Waals surface area contributed by atoms with Crippen LogP contribution in [0.2, 0.25) is 0 Å². The molecule has 0 aliphatic carbocycles. The highest BCUT2D eigenvalue weighted by Crippen LogP contribution is 2.25. The molecule has 0 saturated heterocycles. The van der Waals surface area contributed by atoms with Crippen LogP contribution in [0.1, 0.15) is 0 Å². The second kappa shape index (κ2) is 3.62. The van der Waals surface area contributed by atoms with Gasteiger partial charge in [-0.2, -0.15) is 0 Å². The Morgan fingerprint density at radius 1 is 1.58 bits per heavy atom. The molecule has 0 aliphatic heterocycles. The fraction of sp³-hybridized carbons (Fsp3) is 0.143. The first kappa shape index (κ1) is 9.13. The highest BCUT2D eigenvalue weighted by Gasteiger charge is 2.11. The fourth-order valence-electron chi connectivity index (χ4n) is 0.943. The molecule has 1 aromatic rings. The maximum Gasteiger partial charge on any atom is 0.282 e. The van der Waals surface area contributed by atoms with E-state index in [4.69, 9.17) is 0 Å². The molecule has 0 fully saturated rings. The minimum absolute atomic E-state index is 0.197. The quantitative estimate of drug-likeness (QED) is 0.290. The largest absolute Gasteiger partial charge is 0.282 e. The molecule has 0 aromatic heterocycles. The number of nitro groups is 1. The third-order valence-electron chi connectivity index (χ3n) is 1.53. The summed E-state index contributed by atoms with van der Waals surface area (Å²) in [6.07, 6.45) is 1.83. The van der Waals surface area contributed by atoms with Crippen LogP contribution in [0.3, 0.4) is 0 Å². The van der Waals surface area contributed by atoms with Gasteiger partial charge in [0.1, 0.15) is 7.85 Å². The van der Waals surface area contributed by atoms with E-state index >= 15 is 0 Å². The van der Waals surface area contributed by atoms with Crippen molar-refractivity contribution in [2.24, 2.45) is 0 Å². The van der Waals surface area contributed by atoms with Crippen molar-refractivity contribution in [3.63, 3.8) is 0 Å². The molecule has 0 unspecified atom stereocenters. The van der Waals surface area contributed by atoms with Crippen LogP contribution in [0.5, 0.6) is 0 Å². The number of thioether (sulfide) groups is 1. The van der Waals surface area contributed by atoms with E-state index in [-0.39, 0.29) is 10.6 Å². The molecule has 1 aromatic carbocycles. The molecular weight excluding hydrogens is 173 g/mol. The molecule has 1 rings (SSSR count). The third-order valence-corrected chi connectivity index (χ3v) is 2.32. The Morgan fingerprint density at radius 3 is 2.75 bits per heavy atom. The normalized spacial score (nSPS) is 9.75. The Hall–Kier alpha value is -0.965. The van der Waals surface area contributed by atoms with Crippen molar-refractivity contribution in [3.8, 4) is 0 Å². The first-order valence-electron chi connectivity index (χ1n) is 3.44. The predicted molar refractivity (Wildman–Crippen MR) is 53.1 cm³/mol. The van der Waals surface area contributed by atoms with E-state index in [2.05, 4.69) is 0 Å². The third kappa shape index (κ3) is 1.79. The average molecular weight is 181 g/mol. The first-order valence-corrected chi connectivity index (χ1v) is 4.66. The number of nitro benzene ring substituents is 1. The van der Waals surface area contributed by atoms with Crippen LogP contribution < -0.4 is 5.46 Å². The van der Waals surface area contributed by atoms with Crippen LogP contribution >= 0.6 is 11.8 Å². The van der Waals surface area contributed by atoms with Gasteiger partial charge in [0, 0.05) is 6.07 Å². The molecule has 0 aliphatic rings. The van der Waals surface area contributed by atoms with E-state index in [1.807, 2.05) is 20.2 Å². The van der Waals surface area contributed by atoms with Crippen molar-refractivity contribution in [2.45, 2.75) is 4.90 Å². The van der Waals surface area contributed by atoms with Crippen molar-refractivity contribution < 1.29 is 4.92 Å². The van der Waals surface area contributed by atoms with Gasteiger partial charge in [-0.3, -0.25) is 10.1 Å². The molecule has 0 radical (unpaired) electrons. The number of rotatable bonds is 2. The minimum Gasteiger partial charge on any atom is -0.258 e. The van der Waals surface area contributed by atoms with Crippen molar-refractivity contribution in [1.29, 1.82) is 0 Å². The molecule has 12 heavy (non-hydrogen) atoms. The zero-order valence-electron chi connectivity index (χ0n) is 6.90. The van der Waals surface area contributed by atoms with Gasteiger partial charge < -0.3 is 0 Å². The second-order valence-electron chi connectivity index (χ2n) is 2.43. The van der Waals surface area contributed by atoms with Crippen LogP contribution in [0.15, 0.2) is 23.1 Å². The van der Waals surface area contributed by atoms with E-state index in [0.717, 1.165) is 5.46 Å². The van der Waals surface area contributed by atoms with Gasteiger partial charge in [0.2, 0.25) is 0 Å². The number of nitrogens with zero attached hydrogens (tertiary/aromatic N) is 1. The highest BCUT2D eigenvalue weighted by molar-refractivity contribution is 7.98. The van der Waals surface area contributed by atoms with E-state index in [1.54, 1.807) is 12.1 Å². The average Bonchev–Trinajstić information content (AvgIpc) is 2.04. The summed E-state index contributed by atoms with van der Waals surface area (Å²) in [6, 6.07) is 5.24. The van der Waals surface area contributed by atoms with Crippen LogP contribution in [0.25, 0.3) is 0 Å². The molecule has 0 N–H and O–H groups in total. The minimum atomic E-state index is -0.348. The van der Waals surface area contributed by atoms with Gasteiger partial charge in [-0.1, -0.05) is 11.5 Å². The van der Waals surface area contributed by atoms with Gasteiger partial charge >= 0.3 is 0 Å². The summed E-state index contributed by atoms with van der Waals surface area (Å²) in [7, 11) is 1.84. The summed E-state index contributed by atoms with van der Waals surface area (Å²) in [6.45, 7) is 0. The van der Waals surface area contributed by atoms with E-state index in [1.165, 1.54) is 11.8 Å². The van der Waals surface area contributed by atoms with Crippen LogP contribution in [0.4, 0.5) is 5.69 Å². The number of hydrogen-bond donors (Lipinski definition) is 0. The van der Waals surface area contributed by atoms with Gasteiger partial charge in [0.05, 0.1) is 9.82 Å². The maximum absolute atomic E-state index is 10.5. The summed E-state index contributed by atoms with van der Waals surface area (Å²) in [5.41, 5.74) is 1.11. The molecular formula is C7H8BNO2S. The Kier molecular flexibility index (Phi) is 2.76.